The van der Waals surface area contributed by atoms with Crippen molar-refractivity contribution in [2.45, 2.75) is 11.8 Å². The van der Waals surface area contributed by atoms with Crippen molar-refractivity contribution in [3.8, 4) is 0 Å². The lowest BCUT2D eigenvalue weighted by Crippen LogP contribution is -2.17. The summed E-state index contributed by atoms with van der Waals surface area (Å²) in [5, 5.41) is 0. The Labute approximate surface area is 125 Å². The predicted octanol–water partition coefficient (Wildman–Crippen LogP) is 2.24. The van der Waals surface area contributed by atoms with Crippen LogP contribution in [-0.4, -0.2) is 13.4 Å². The summed E-state index contributed by atoms with van der Waals surface area (Å²) in [6.45, 7) is 1.87. The molecule has 0 aliphatic rings. The van der Waals surface area contributed by atoms with Crippen LogP contribution in [-0.2, 0) is 10.0 Å². The van der Waals surface area contributed by atoms with Crippen molar-refractivity contribution >= 4 is 37.3 Å². The Hall–Kier alpha value is -1.64. The van der Waals surface area contributed by atoms with Crippen molar-refractivity contribution in [2.75, 3.05) is 10.1 Å². The van der Waals surface area contributed by atoms with E-state index >= 15 is 0 Å². The third kappa shape index (κ3) is 3.09. The molecule has 0 spiro atoms. The molecule has 0 aliphatic heterocycles. The van der Waals surface area contributed by atoms with Gasteiger partial charge in [-0.15, -0.1) is 0 Å². The molecule has 1 heterocycles. The van der Waals surface area contributed by atoms with E-state index in [4.69, 9.17) is 5.84 Å². The summed E-state index contributed by atoms with van der Waals surface area (Å²) >= 11 is 3.36. The molecule has 8 heteroatoms. The van der Waals surface area contributed by atoms with E-state index in [1.807, 2.05) is 6.92 Å². The second-order valence-corrected chi connectivity index (χ2v) is 6.59. The summed E-state index contributed by atoms with van der Waals surface area (Å²) in [5.74, 6) is 5.31. The SMILES string of the molecule is Cc1cc(NS(=O)(=O)c2cnccc2NN)ccc1Br. The minimum Gasteiger partial charge on any atom is -0.323 e. The number of sulfonamides is 1. The van der Waals surface area contributed by atoms with E-state index < -0.39 is 10.0 Å². The number of hydrogen-bond acceptors (Lipinski definition) is 5. The van der Waals surface area contributed by atoms with Gasteiger partial charge in [-0.25, -0.2) is 8.42 Å². The number of nitrogens with zero attached hydrogens (tertiary/aromatic N) is 1. The van der Waals surface area contributed by atoms with E-state index in [1.54, 1.807) is 18.2 Å². The van der Waals surface area contributed by atoms with Crippen LogP contribution >= 0.6 is 15.9 Å². The van der Waals surface area contributed by atoms with Crippen LogP contribution < -0.4 is 16.0 Å². The molecule has 6 nitrogen and oxygen atoms in total. The molecule has 0 radical (unpaired) electrons. The first kappa shape index (κ1) is 14.8. The topological polar surface area (TPSA) is 97.1 Å². The highest BCUT2D eigenvalue weighted by Crippen LogP contribution is 2.24. The summed E-state index contributed by atoms with van der Waals surface area (Å²) in [6.07, 6.45) is 2.70. The lowest BCUT2D eigenvalue weighted by atomic mass is 10.2. The fourth-order valence-corrected chi connectivity index (χ4v) is 3.04. The average molecular weight is 357 g/mol. The lowest BCUT2D eigenvalue weighted by Gasteiger charge is -2.12. The smallest absolute Gasteiger partial charge is 0.265 e. The number of benzene rings is 1. The van der Waals surface area contributed by atoms with E-state index in [2.05, 4.69) is 31.1 Å². The highest BCUT2D eigenvalue weighted by atomic mass is 79.9. The van der Waals surface area contributed by atoms with Gasteiger partial charge in [0.1, 0.15) is 4.90 Å². The highest BCUT2D eigenvalue weighted by molar-refractivity contribution is 9.10. The van der Waals surface area contributed by atoms with Gasteiger partial charge in [-0.1, -0.05) is 15.9 Å². The third-order valence-corrected chi connectivity index (χ3v) is 4.94. The molecule has 0 saturated carbocycles. The maximum absolute atomic E-state index is 12.3. The van der Waals surface area contributed by atoms with E-state index in [0.29, 0.717) is 5.69 Å². The minimum atomic E-state index is -3.76. The van der Waals surface area contributed by atoms with E-state index in [0.717, 1.165) is 10.0 Å². The monoisotopic (exact) mass is 356 g/mol. The van der Waals surface area contributed by atoms with Gasteiger partial charge in [-0.2, -0.15) is 0 Å². The number of hydrazine groups is 1. The van der Waals surface area contributed by atoms with Gasteiger partial charge < -0.3 is 5.43 Å². The van der Waals surface area contributed by atoms with E-state index in [9.17, 15) is 8.42 Å². The molecule has 106 valence electrons. The van der Waals surface area contributed by atoms with Gasteiger partial charge >= 0.3 is 0 Å². The Morgan fingerprint density at radius 3 is 2.70 bits per heavy atom. The van der Waals surface area contributed by atoms with Crippen molar-refractivity contribution in [3.63, 3.8) is 0 Å². The number of nitrogens with one attached hydrogen (secondary N) is 2. The molecule has 4 N–H and O–H groups in total. The molecule has 0 saturated heterocycles. The number of nitrogen functional groups attached to an aromatic ring is 1. The van der Waals surface area contributed by atoms with Crippen molar-refractivity contribution in [1.29, 1.82) is 0 Å². The first-order chi connectivity index (χ1) is 9.44. The number of aryl methyl sites for hydroxylation is 1. The van der Waals surface area contributed by atoms with Gasteiger partial charge in [0, 0.05) is 22.6 Å². The third-order valence-electron chi connectivity index (χ3n) is 2.64. The van der Waals surface area contributed by atoms with Crippen LogP contribution in [0.2, 0.25) is 0 Å². The maximum Gasteiger partial charge on any atom is 0.265 e. The summed E-state index contributed by atoms with van der Waals surface area (Å²) in [4.78, 5) is 3.80. The molecule has 1 aromatic heterocycles. The van der Waals surface area contributed by atoms with Gasteiger partial charge in [0.05, 0.1) is 5.69 Å². The molecule has 1 aromatic carbocycles. The van der Waals surface area contributed by atoms with Crippen molar-refractivity contribution in [2.24, 2.45) is 5.84 Å². The highest BCUT2D eigenvalue weighted by Gasteiger charge is 2.18. The Morgan fingerprint density at radius 1 is 1.30 bits per heavy atom. The van der Waals surface area contributed by atoms with Crippen LogP contribution in [0.5, 0.6) is 0 Å². The fourth-order valence-electron chi connectivity index (χ4n) is 1.63. The van der Waals surface area contributed by atoms with Crippen LogP contribution in [0, 0.1) is 6.92 Å². The van der Waals surface area contributed by atoms with E-state index in [-0.39, 0.29) is 10.6 Å². The van der Waals surface area contributed by atoms with Crippen molar-refractivity contribution in [1.82, 2.24) is 4.98 Å². The van der Waals surface area contributed by atoms with Gasteiger partial charge in [0.15, 0.2) is 0 Å². The van der Waals surface area contributed by atoms with Gasteiger partial charge in [-0.05, 0) is 36.8 Å². The normalized spacial score (nSPS) is 11.2. The second-order valence-electron chi connectivity index (χ2n) is 4.09. The molecule has 0 bridgehead atoms. The van der Waals surface area contributed by atoms with Gasteiger partial charge in [-0.3, -0.25) is 15.5 Å². The molecule has 2 aromatic rings. The second kappa shape index (κ2) is 5.78. The number of pyridine rings is 1. The standard InChI is InChI=1S/C12H13BrN4O2S/c1-8-6-9(2-3-10(8)13)17-20(18,19)12-7-15-5-4-11(12)16-14/h2-7,17H,14H2,1H3,(H,15,16). The number of hydrogen-bond donors (Lipinski definition) is 3. The Kier molecular flexibility index (Phi) is 4.26. The van der Waals surface area contributed by atoms with Crippen LogP contribution in [0.25, 0.3) is 0 Å². The van der Waals surface area contributed by atoms with Crippen LogP contribution in [0.15, 0.2) is 46.0 Å². The minimum absolute atomic E-state index is 0.0110. The molecule has 0 unspecified atom stereocenters. The number of rotatable bonds is 4. The molecular weight excluding hydrogens is 344 g/mol. The van der Waals surface area contributed by atoms with Gasteiger partial charge in [0.2, 0.25) is 0 Å². The molecule has 0 fully saturated rings. The van der Waals surface area contributed by atoms with Crippen molar-refractivity contribution in [3.05, 3.63) is 46.7 Å². The van der Waals surface area contributed by atoms with Crippen LogP contribution in [0.1, 0.15) is 5.56 Å². The predicted molar refractivity (Wildman–Crippen MR) is 81.7 cm³/mol. The van der Waals surface area contributed by atoms with Crippen LogP contribution in [0.3, 0.4) is 0 Å². The number of nitrogens with two attached hydrogens (primary N) is 1. The summed E-state index contributed by atoms with van der Waals surface area (Å²) in [5.41, 5.74) is 4.01. The fraction of sp³-hybridized carbons (Fsp3) is 0.0833. The Balaban J connectivity index is 2.38. The summed E-state index contributed by atoms with van der Waals surface area (Å²) in [6, 6.07) is 6.66. The largest absolute Gasteiger partial charge is 0.323 e. The quantitative estimate of drug-likeness (QED) is 0.576. The zero-order valence-electron chi connectivity index (χ0n) is 10.6. The maximum atomic E-state index is 12.3. The molecule has 20 heavy (non-hydrogen) atoms. The Bertz CT molecular complexity index is 734. The molecule has 0 amide bonds. The van der Waals surface area contributed by atoms with E-state index in [1.165, 1.54) is 18.5 Å². The zero-order chi connectivity index (χ0) is 14.8. The van der Waals surface area contributed by atoms with Crippen molar-refractivity contribution < 1.29 is 8.42 Å². The lowest BCUT2D eigenvalue weighted by molar-refractivity contribution is 0.601. The summed E-state index contributed by atoms with van der Waals surface area (Å²) in [7, 11) is -3.76. The molecule has 0 atom stereocenters. The average Bonchev–Trinajstić information content (AvgIpc) is 2.42. The van der Waals surface area contributed by atoms with Crippen LogP contribution in [0.4, 0.5) is 11.4 Å². The number of aromatic nitrogens is 1. The first-order valence-electron chi connectivity index (χ1n) is 5.63. The number of halogens is 1. The zero-order valence-corrected chi connectivity index (χ0v) is 13.0. The summed E-state index contributed by atoms with van der Waals surface area (Å²) < 4.78 is 28.0. The molecular formula is C12H13BrN4O2S. The van der Waals surface area contributed by atoms with Gasteiger partial charge in [0.25, 0.3) is 10.0 Å². The number of anilines is 2. The molecule has 0 aliphatic carbocycles. The molecule has 2 rings (SSSR count). The first-order valence-corrected chi connectivity index (χ1v) is 7.91. The Morgan fingerprint density at radius 2 is 2.05 bits per heavy atom.